The maximum Gasteiger partial charge on any atom is 0.416 e. The zero-order valence-corrected chi connectivity index (χ0v) is 14.1. The van der Waals surface area contributed by atoms with Crippen molar-refractivity contribution in [1.82, 2.24) is 10.0 Å². The number of alkyl halides is 6. The van der Waals surface area contributed by atoms with Gasteiger partial charge in [0.05, 0.1) is 16.0 Å². The Bertz CT molecular complexity index is 628. The molecule has 12 heteroatoms. The maximum absolute atomic E-state index is 12.7. The molecule has 4 nitrogen and oxygen atoms in total. The predicted molar refractivity (Wildman–Crippen MR) is 77.4 cm³/mol. The molecule has 140 valence electrons. The van der Waals surface area contributed by atoms with E-state index in [1.165, 1.54) is 7.05 Å². The van der Waals surface area contributed by atoms with Gasteiger partial charge in [0.25, 0.3) is 0 Å². The van der Waals surface area contributed by atoms with Crippen LogP contribution in [-0.4, -0.2) is 28.1 Å². The molecule has 1 aromatic rings. The Morgan fingerprint density at radius 3 is 1.75 bits per heavy atom. The molecule has 0 radical (unpaired) electrons. The standard InChI is InChI=1S/C12H14F6N2O2S.ClH/c1-7(19-2)6-20-23(21,22)10-4-8(11(13,14)15)3-9(5-10)12(16,17)18;/h3-5,7,19-20H,6H2,1-2H3;1H. The highest BCUT2D eigenvalue weighted by molar-refractivity contribution is 7.89. The molecule has 1 rings (SSSR count). The SMILES string of the molecule is CNC(C)CNS(=O)(=O)c1cc(C(F)(F)F)cc(C(F)(F)F)c1.Cl. The number of nitrogens with one attached hydrogen (secondary N) is 2. The van der Waals surface area contributed by atoms with Gasteiger partial charge in [-0.3, -0.25) is 0 Å². The van der Waals surface area contributed by atoms with Gasteiger partial charge < -0.3 is 5.32 Å². The molecule has 0 heterocycles. The molecule has 0 fully saturated rings. The molecule has 1 atom stereocenters. The molecule has 24 heavy (non-hydrogen) atoms. The zero-order chi connectivity index (χ0) is 18.1. The number of benzene rings is 1. The average Bonchev–Trinajstić information content (AvgIpc) is 2.42. The summed E-state index contributed by atoms with van der Waals surface area (Å²) in [5, 5.41) is 2.67. The van der Waals surface area contributed by atoms with E-state index in [1.54, 1.807) is 6.92 Å². The fourth-order valence-corrected chi connectivity index (χ4v) is 2.70. The Labute approximate surface area is 141 Å². The topological polar surface area (TPSA) is 58.2 Å². The van der Waals surface area contributed by atoms with Gasteiger partial charge in [-0.2, -0.15) is 26.3 Å². The monoisotopic (exact) mass is 400 g/mol. The van der Waals surface area contributed by atoms with Crippen molar-refractivity contribution in [2.45, 2.75) is 30.2 Å². The summed E-state index contributed by atoms with van der Waals surface area (Å²) in [6.45, 7) is 1.38. The van der Waals surface area contributed by atoms with E-state index in [4.69, 9.17) is 0 Å². The molecule has 1 unspecified atom stereocenters. The summed E-state index contributed by atoms with van der Waals surface area (Å²) >= 11 is 0. The highest BCUT2D eigenvalue weighted by Crippen LogP contribution is 2.37. The second-order valence-electron chi connectivity index (χ2n) is 4.78. The molecule has 0 aromatic heterocycles. The number of sulfonamides is 1. The second kappa shape index (κ2) is 7.89. The fraction of sp³-hybridized carbons (Fsp3) is 0.500. The smallest absolute Gasteiger partial charge is 0.316 e. The van der Waals surface area contributed by atoms with Crippen molar-refractivity contribution < 1.29 is 34.8 Å². The third-order valence-corrected chi connectivity index (χ3v) is 4.35. The largest absolute Gasteiger partial charge is 0.416 e. The Kier molecular flexibility index (Phi) is 7.55. The van der Waals surface area contributed by atoms with Gasteiger partial charge in [0.2, 0.25) is 10.0 Å². The van der Waals surface area contributed by atoms with E-state index >= 15 is 0 Å². The fourth-order valence-electron chi connectivity index (χ4n) is 1.50. The number of rotatable bonds is 5. The summed E-state index contributed by atoms with van der Waals surface area (Å²) in [4.78, 5) is -1.09. The van der Waals surface area contributed by atoms with Crippen molar-refractivity contribution in [2.24, 2.45) is 0 Å². The van der Waals surface area contributed by atoms with E-state index in [2.05, 4.69) is 5.32 Å². The van der Waals surface area contributed by atoms with E-state index < -0.39 is 38.4 Å². The lowest BCUT2D eigenvalue weighted by Crippen LogP contribution is -2.37. The van der Waals surface area contributed by atoms with Crippen molar-refractivity contribution in [2.75, 3.05) is 13.6 Å². The molecular weight excluding hydrogens is 386 g/mol. The van der Waals surface area contributed by atoms with E-state index in [0.717, 1.165) is 0 Å². The third kappa shape index (κ3) is 6.11. The summed E-state index contributed by atoms with van der Waals surface area (Å²) in [7, 11) is -3.00. The molecule has 0 amide bonds. The zero-order valence-electron chi connectivity index (χ0n) is 12.4. The van der Waals surface area contributed by atoms with Gasteiger partial charge in [-0.05, 0) is 32.2 Å². The second-order valence-corrected chi connectivity index (χ2v) is 6.55. The molecule has 0 aliphatic carbocycles. The Hall–Kier alpha value is -1.04. The van der Waals surface area contributed by atoms with Crippen LogP contribution in [0.5, 0.6) is 0 Å². The van der Waals surface area contributed by atoms with Gasteiger partial charge in [-0.15, -0.1) is 12.4 Å². The summed E-state index contributed by atoms with van der Waals surface area (Å²) in [6.07, 6.45) is -10.2. The number of hydrogen-bond donors (Lipinski definition) is 2. The lowest BCUT2D eigenvalue weighted by Gasteiger charge is -2.16. The summed E-state index contributed by atoms with van der Waals surface area (Å²) in [5.41, 5.74) is -3.37. The minimum atomic E-state index is -5.11. The molecule has 0 saturated heterocycles. The lowest BCUT2D eigenvalue weighted by molar-refractivity contribution is -0.143. The average molecular weight is 401 g/mol. The number of likely N-dealkylation sites (N-methyl/N-ethyl adjacent to an activating group) is 1. The van der Waals surface area contributed by atoms with Gasteiger partial charge in [-0.1, -0.05) is 0 Å². The van der Waals surface area contributed by atoms with Crippen LogP contribution in [0.3, 0.4) is 0 Å². The first-order chi connectivity index (χ1) is 10.3. The maximum atomic E-state index is 12.7. The first kappa shape index (κ1) is 23.0. The molecule has 0 saturated carbocycles. The first-order valence-electron chi connectivity index (χ1n) is 6.24. The molecule has 1 aromatic carbocycles. The molecule has 2 N–H and O–H groups in total. The Morgan fingerprint density at radius 1 is 1.00 bits per heavy atom. The Balaban J connectivity index is 0.00000529. The van der Waals surface area contributed by atoms with Gasteiger partial charge >= 0.3 is 12.4 Å². The van der Waals surface area contributed by atoms with E-state index in [0.29, 0.717) is 0 Å². The van der Waals surface area contributed by atoms with Gasteiger partial charge in [-0.25, -0.2) is 13.1 Å². The van der Waals surface area contributed by atoms with Crippen molar-refractivity contribution in [3.8, 4) is 0 Å². The molecule has 0 bridgehead atoms. The highest BCUT2D eigenvalue weighted by atomic mass is 35.5. The molecular formula is C12H15ClF6N2O2S. The molecule has 0 aliphatic rings. The van der Waals surface area contributed by atoms with Crippen LogP contribution in [-0.2, 0) is 22.4 Å². The van der Waals surface area contributed by atoms with Crippen LogP contribution in [0.1, 0.15) is 18.1 Å². The summed E-state index contributed by atoms with van der Waals surface area (Å²) in [6, 6.07) is -0.156. The molecule has 0 aliphatic heterocycles. The minimum absolute atomic E-state index is 0. The van der Waals surface area contributed by atoms with Gasteiger partial charge in [0, 0.05) is 12.6 Å². The number of halogens is 7. The highest BCUT2D eigenvalue weighted by Gasteiger charge is 2.38. The van der Waals surface area contributed by atoms with Crippen molar-refractivity contribution >= 4 is 22.4 Å². The summed E-state index contributed by atoms with van der Waals surface area (Å²) in [5.74, 6) is 0. The predicted octanol–water partition coefficient (Wildman–Crippen LogP) is 3.03. The minimum Gasteiger partial charge on any atom is -0.316 e. The van der Waals surface area contributed by atoms with E-state index in [9.17, 15) is 34.8 Å². The van der Waals surface area contributed by atoms with Crippen LogP contribution in [0.4, 0.5) is 26.3 Å². The quantitative estimate of drug-likeness (QED) is 0.747. The van der Waals surface area contributed by atoms with Crippen molar-refractivity contribution in [1.29, 1.82) is 0 Å². The van der Waals surface area contributed by atoms with Gasteiger partial charge in [0.15, 0.2) is 0 Å². The van der Waals surface area contributed by atoms with Crippen LogP contribution in [0.25, 0.3) is 0 Å². The van der Waals surface area contributed by atoms with Crippen LogP contribution in [0, 0.1) is 0 Å². The van der Waals surface area contributed by atoms with Crippen LogP contribution >= 0.6 is 12.4 Å². The van der Waals surface area contributed by atoms with E-state index in [-0.39, 0.29) is 43.2 Å². The van der Waals surface area contributed by atoms with Crippen LogP contribution in [0.15, 0.2) is 23.1 Å². The van der Waals surface area contributed by atoms with Crippen LogP contribution in [0.2, 0.25) is 0 Å². The lowest BCUT2D eigenvalue weighted by atomic mass is 10.1. The normalized spacial score (nSPS) is 14.2. The first-order valence-corrected chi connectivity index (χ1v) is 7.72. The summed E-state index contributed by atoms with van der Waals surface area (Å²) < 4.78 is 102. The van der Waals surface area contributed by atoms with Crippen LogP contribution < -0.4 is 10.0 Å². The van der Waals surface area contributed by atoms with Gasteiger partial charge in [0.1, 0.15) is 0 Å². The number of hydrogen-bond acceptors (Lipinski definition) is 3. The Morgan fingerprint density at radius 2 is 1.42 bits per heavy atom. The van der Waals surface area contributed by atoms with E-state index in [1.807, 2.05) is 4.72 Å². The molecule has 0 spiro atoms. The third-order valence-electron chi connectivity index (χ3n) is 2.94. The van der Waals surface area contributed by atoms with Crippen molar-refractivity contribution in [3.05, 3.63) is 29.3 Å². The van der Waals surface area contributed by atoms with Crippen molar-refractivity contribution in [3.63, 3.8) is 0 Å².